The number of nitrogens with two attached hydrogens (primary N) is 2. The molecule has 0 bridgehead atoms. The van der Waals surface area contributed by atoms with E-state index in [0.717, 1.165) is 6.08 Å². The van der Waals surface area contributed by atoms with Crippen LogP contribution in [0.4, 0.5) is 4.79 Å². The maximum atomic E-state index is 9.64. The van der Waals surface area contributed by atoms with Crippen LogP contribution in [0.25, 0.3) is 0 Å². The van der Waals surface area contributed by atoms with Gasteiger partial charge in [-0.1, -0.05) is 18.2 Å². The molecule has 5 nitrogen and oxygen atoms in total. The molecule has 4 N–H and O–H groups in total. The molecule has 0 aromatic carbocycles. The maximum Gasteiger partial charge on any atom is 1.00 e. The Morgan fingerprint density at radius 1 is 1.23 bits per heavy atom. The van der Waals surface area contributed by atoms with Crippen LogP contribution in [0.3, 0.4) is 0 Å². The third-order valence-electron chi connectivity index (χ3n) is 0.536. The van der Waals surface area contributed by atoms with Crippen molar-refractivity contribution in [1.82, 2.24) is 0 Å². The summed E-state index contributed by atoms with van der Waals surface area (Å²) >= 11 is 0. The second-order valence-corrected chi connectivity index (χ2v) is 1.61. The summed E-state index contributed by atoms with van der Waals surface area (Å²) in [4.78, 5) is 18.6. The molecule has 0 unspecified atom stereocenters. The largest absolute Gasteiger partial charge is 1.00 e. The van der Waals surface area contributed by atoms with Crippen LogP contribution < -0.4 is 68.0 Å². The van der Waals surface area contributed by atoms with Crippen molar-refractivity contribution in [2.75, 3.05) is 0 Å². The molecule has 0 heterocycles. The first-order valence-corrected chi connectivity index (χ1v) is 3.06. The second kappa shape index (κ2) is 14.4. The Balaban J connectivity index is -0.000000173. The summed E-state index contributed by atoms with van der Waals surface area (Å²) in [7, 11) is 0. The molecule has 0 atom stereocenters. The zero-order chi connectivity index (χ0) is 9.98. The summed E-state index contributed by atoms with van der Waals surface area (Å²) < 4.78 is 0. The molecule has 13 heavy (non-hydrogen) atoms. The number of rotatable bonds is 2. The average Bonchev–Trinajstić information content (AvgIpc) is 1.86. The van der Waals surface area contributed by atoms with E-state index in [1.807, 2.05) is 0 Å². The van der Waals surface area contributed by atoms with Gasteiger partial charge in [0.15, 0.2) is 0 Å². The van der Waals surface area contributed by atoms with Gasteiger partial charge in [0.2, 0.25) is 0 Å². The monoisotopic (exact) mass is 210 g/mol. The van der Waals surface area contributed by atoms with E-state index in [2.05, 4.69) is 11.5 Å². The minimum atomic E-state index is -1.16. The first-order valence-electron chi connectivity index (χ1n) is 3.06. The van der Waals surface area contributed by atoms with Gasteiger partial charge in [0.25, 0.3) is 0 Å². The predicted octanol–water partition coefficient (Wildman–Crippen LogP) is -4.10. The number of hydrogen-bond acceptors (Lipinski definition) is 3. The Morgan fingerprint density at radius 3 is 1.85 bits per heavy atom. The van der Waals surface area contributed by atoms with E-state index >= 15 is 0 Å². The van der Waals surface area contributed by atoms with Gasteiger partial charge in [0.1, 0.15) is 0 Å². The van der Waals surface area contributed by atoms with Crippen molar-refractivity contribution in [3.63, 3.8) is 0 Å². The van der Waals surface area contributed by atoms with E-state index in [4.69, 9.17) is 4.79 Å². The fraction of sp³-hybridized carbons (Fsp3) is 0.143. The number of carboxylic acid groups (broad SMARTS) is 1. The number of amides is 2. The van der Waals surface area contributed by atoms with Crippen LogP contribution in [-0.4, -0.2) is 12.0 Å². The topological polar surface area (TPSA) is 109 Å². The van der Waals surface area contributed by atoms with Crippen molar-refractivity contribution in [2.24, 2.45) is 11.5 Å². The predicted molar refractivity (Wildman–Crippen MR) is 42.7 cm³/mol. The van der Waals surface area contributed by atoms with Crippen molar-refractivity contribution in [3.8, 4) is 0 Å². The SMILES string of the molecule is C/C=C/C=C/C(=O)[O-].NC(N)=O.[K+]. The molecule has 0 aromatic heterocycles. The Bertz CT molecular complexity index is 198. The summed E-state index contributed by atoms with van der Waals surface area (Å²) in [5, 5.41) is 9.64. The first kappa shape index (κ1) is 18.6. The van der Waals surface area contributed by atoms with Crippen LogP contribution in [0.5, 0.6) is 0 Å². The summed E-state index contributed by atoms with van der Waals surface area (Å²) in [5.41, 5.74) is 8.50. The maximum absolute atomic E-state index is 9.64. The third-order valence-corrected chi connectivity index (χ3v) is 0.536. The number of allylic oxidation sites excluding steroid dienone is 3. The van der Waals surface area contributed by atoms with Crippen LogP contribution in [0.2, 0.25) is 0 Å². The van der Waals surface area contributed by atoms with E-state index in [0.29, 0.717) is 0 Å². The van der Waals surface area contributed by atoms with Crippen molar-refractivity contribution >= 4 is 12.0 Å². The van der Waals surface area contributed by atoms with E-state index in [1.165, 1.54) is 6.08 Å². The zero-order valence-electron chi connectivity index (χ0n) is 7.69. The molecular formula is C7H11KN2O3. The minimum absolute atomic E-state index is 0. The smallest absolute Gasteiger partial charge is 0.545 e. The molecule has 0 saturated carbocycles. The second-order valence-electron chi connectivity index (χ2n) is 1.61. The molecule has 0 spiro atoms. The van der Waals surface area contributed by atoms with Gasteiger partial charge in [0, 0.05) is 0 Å². The van der Waals surface area contributed by atoms with E-state index in [1.54, 1.807) is 19.1 Å². The van der Waals surface area contributed by atoms with Crippen molar-refractivity contribution in [3.05, 3.63) is 24.3 Å². The van der Waals surface area contributed by atoms with Crippen molar-refractivity contribution in [2.45, 2.75) is 6.92 Å². The Morgan fingerprint density at radius 2 is 1.62 bits per heavy atom. The van der Waals surface area contributed by atoms with Crippen molar-refractivity contribution < 1.29 is 66.1 Å². The first-order chi connectivity index (χ1) is 5.50. The average molecular weight is 210 g/mol. The number of carboxylic acids is 1. The molecule has 0 rings (SSSR count). The quantitative estimate of drug-likeness (QED) is 0.274. The molecule has 0 aromatic rings. The van der Waals surface area contributed by atoms with Crippen LogP contribution >= 0.6 is 0 Å². The van der Waals surface area contributed by atoms with Gasteiger partial charge in [-0.05, 0) is 13.0 Å². The van der Waals surface area contributed by atoms with Gasteiger partial charge in [-0.2, -0.15) is 0 Å². The number of aliphatic carboxylic acids is 1. The molecule has 0 aliphatic rings. The van der Waals surface area contributed by atoms with Crippen molar-refractivity contribution in [1.29, 1.82) is 0 Å². The summed E-state index contributed by atoms with van der Waals surface area (Å²) in [6.45, 7) is 1.81. The molecule has 0 radical (unpaired) electrons. The fourth-order valence-electron chi connectivity index (χ4n) is 0.245. The van der Waals surface area contributed by atoms with Gasteiger partial charge >= 0.3 is 57.4 Å². The molecule has 0 aliphatic heterocycles. The van der Waals surface area contributed by atoms with E-state index in [9.17, 15) is 9.90 Å². The summed E-state index contributed by atoms with van der Waals surface area (Å²) in [6.07, 6.45) is 5.74. The number of primary amides is 2. The molecule has 68 valence electrons. The standard InChI is InChI=1S/C6H8O2.CH4N2O.K/c1-2-3-4-5-6(7)8;2-1(3)4;/h2-5H,1H3,(H,7,8);(H4,2,3,4);/q;;+1/p-1/b3-2+,5-4+;;. The van der Waals surface area contributed by atoms with E-state index in [-0.39, 0.29) is 51.4 Å². The van der Waals surface area contributed by atoms with Crippen LogP contribution in [0.1, 0.15) is 6.92 Å². The third kappa shape index (κ3) is 48.8. The van der Waals surface area contributed by atoms with Gasteiger partial charge in [-0.3, -0.25) is 0 Å². The van der Waals surface area contributed by atoms with Gasteiger partial charge in [0.05, 0.1) is 5.97 Å². The Labute approximate surface area is 119 Å². The zero-order valence-corrected chi connectivity index (χ0v) is 10.8. The number of carbonyl (C=O) groups is 2. The van der Waals surface area contributed by atoms with Gasteiger partial charge in [-0.25, -0.2) is 4.79 Å². The van der Waals surface area contributed by atoms with Crippen LogP contribution in [0.15, 0.2) is 24.3 Å². The van der Waals surface area contributed by atoms with Gasteiger partial charge < -0.3 is 21.4 Å². The number of carbonyl (C=O) groups excluding carboxylic acids is 2. The molecular weight excluding hydrogens is 199 g/mol. The fourth-order valence-corrected chi connectivity index (χ4v) is 0.245. The van der Waals surface area contributed by atoms with Gasteiger partial charge in [-0.15, -0.1) is 0 Å². The Hall–Kier alpha value is -0.144. The summed E-state index contributed by atoms with van der Waals surface area (Å²) in [5.74, 6) is -1.16. The number of hydrogen-bond donors (Lipinski definition) is 2. The molecule has 2 amide bonds. The minimum Gasteiger partial charge on any atom is -0.545 e. The molecule has 0 saturated heterocycles. The molecule has 0 aliphatic carbocycles. The Kier molecular flexibility index (Phi) is 20.6. The molecule has 0 fully saturated rings. The normalized spacial score (nSPS) is 8.69. The molecule has 6 heteroatoms. The van der Waals surface area contributed by atoms with E-state index < -0.39 is 12.0 Å². The van der Waals surface area contributed by atoms with Crippen LogP contribution in [0, 0.1) is 0 Å². The van der Waals surface area contributed by atoms with Crippen LogP contribution in [-0.2, 0) is 4.79 Å². The number of urea groups is 1. The summed E-state index contributed by atoms with van der Waals surface area (Å²) in [6, 6.07) is -0.833.